The number of hydrogen-bond donors (Lipinski definition) is 2. The number of aryl methyl sites for hydroxylation is 1. The van der Waals surface area contributed by atoms with Crippen molar-refractivity contribution in [2.24, 2.45) is 0 Å². The predicted molar refractivity (Wildman–Crippen MR) is 95.1 cm³/mol. The molecule has 1 aromatic heterocycles. The standard InChI is InChI=1S/C16H14Cl2N4O/c1-7-9(10-5-8(17)6-11(18)14(10)23-2)3-4-12-13(7)15(19)22-16(20)21-12/h3-6H,1-2H3,(H4,19,20,21,22). The van der Waals surface area contributed by atoms with E-state index in [1.165, 1.54) is 0 Å². The van der Waals surface area contributed by atoms with Crippen molar-refractivity contribution in [3.63, 3.8) is 0 Å². The normalized spacial score (nSPS) is 11.0. The number of nitrogens with two attached hydrogens (primary N) is 2. The van der Waals surface area contributed by atoms with E-state index in [1.54, 1.807) is 19.2 Å². The quantitative estimate of drug-likeness (QED) is 0.728. The van der Waals surface area contributed by atoms with Crippen LogP contribution in [0.15, 0.2) is 24.3 Å². The van der Waals surface area contributed by atoms with Gasteiger partial charge >= 0.3 is 0 Å². The number of fused-ring (bicyclic) bond motifs is 1. The maximum Gasteiger partial charge on any atom is 0.222 e. The second-order valence-corrected chi connectivity index (χ2v) is 5.91. The Labute approximate surface area is 143 Å². The van der Waals surface area contributed by atoms with Crippen LogP contribution in [0.4, 0.5) is 11.8 Å². The number of halogens is 2. The smallest absolute Gasteiger partial charge is 0.222 e. The highest BCUT2D eigenvalue weighted by atomic mass is 35.5. The van der Waals surface area contributed by atoms with Crippen molar-refractivity contribution in [3.8, 4) is 16.9 Å². The van der Waals surface area contributed by atoms with Gasteiger partial charge in [-0.2, -0.15) is 4.98 Å². The summed E-state index contributed by atoms with van der Waals surface area (Å²) in [5, 5.41) is 1.71. The van der Waals surface area contributed by atoms with Gasteiger partial charge in [-0.05, 0) is 36.2 Å². The minimum atomic E-state index is 0.144. The third kappa shape index (κ3) is 2.62. The Morgan fingerprint density at radius 2 is 1.78 bits per heavy atom. The first-order valence-corrected chi connectivity index (χ1v) is 7.53. The summed E-state index contributed by atoms with van der Waals surface area (Å²) in [6, 6.07) is 7.18. The SMILES string of the molecule is COc1c(Cl)cc(Cl)cc1-c1ccc2nc(N)nc(N)c2c1C. The largest absolute Gasteiger partial charge is 0.495 e. The van der Waals surface area contributed by atoms with E-state index in [0.717, 1.165) is 22.1 Å². The molecule has 118 valence electrons. The van der Waals surface area contributed by atoms with Crippen LogP contribution >= 0.6 is 23.2 Å². The van der Waals surface area contributed by atoms with Crippen molar-refractivity contribution >= 4 is 45.9 Å². The molecule has 0 aliphatic rings. The van der Waals surface area contributed by atoms with E-state index in [4.69, 9.17) is 39.4 Å². The van der Waals surface area contributed by atoms with Crippen LogP contribution in [0.3, 0.4) is 0 Å². The molecule has 0 saturated carbocycles. The summed E-state index contributed by atoms with van der Waals surface area (Å²) in [6.07, 6.45) is 0. The Morgan fingerprint density at radius 3 is 2.48 bits per heavy atom. The van der Waals surface area contributed by atoms with Gasteiger partial charge in [-0.3, -0.25) is 0 Å². The van der Waals surface area contributed by atoms with Gasteiger partial charge < -0.3 is 16.2 Å². The van der Waals surface area contributed by atoms with Crippen molar-refractivity contribution in [2.75, 3.05) is 18.6 Å². The number of hydrogen-bond acceptors (Lipinski definition) is 5. The van der Waals surface area contributed by atoms with Crippen molar-refractivity contribution in [1.29, 1.82) is 0 Å². The van der Waals surface area contributed by atoms with Crippen molar-refractivity contribution in [1.82, 2.24) is 9.97 Å². The second kappa shape index (κ2) is 5.76. The lowest BCUT2D eigenvalue weighted by molar-refractivity contribution is 0.416. The zero-order valence-electron chi connectivity index (χ0n) is 12.5. The van der Waals surface area contributed by atoms with Crippen LogP contribution in [0.2, 0.25) is 10.0 Å². The fraction of sp³-hybridized carbons (Fsp3) is 0.125. The fourth-order valence-electron chi connectivity index (χ4n) is 2.70. The zero-order chi connectivity index (χ0) is 16.7. The molecule has 0 aliphatic heterocycles. The molecule has 2 aromatic carbocycles. The predicted octanol–water partition coefficient (Wildman–Crippen LogP) is 4.09. The molecule has 0 bridgehead atoms. The first-order valence-electron chi connectivity index (χ1n) is 6.78. The van der Waals surface area contributed by atoms with Gasteiger partial charge in [0, 0.05) is 16.0 Å². The maximum atomic E-state index is 6.23. The Morgan fingerprint density at radius 1 is 1.04 bits per heavy atom. The van der Waals surface area contributed by atoms with Crippen molar-refractivity contribution in [2.45, 2.75) is 6.92 Å². The van der Waals surface area contributed by atoms with Crippen molar-refractivity contribution in [3.05, 3.63) is 39.9 Å². The zero-order valence-corrected chi connectivity index (χ0v) is 14.0. The third-order valence-corrected chi connectivity index (χ3v) is 4.17. The Bertz CT molecular complexity index is 928. The molecule has 0 fully saturated rings. The lowest BCUT2D eigenvalue weighted by atomic mass is 9.96. The van der Waals surface area contributed by atoms with Crippen LogP contribution in [0.5, 0.6) is 5.75 Å². The Kier molecular flexibility index (Phi) is 3.92. The number of ether oxygens (including phenoxy) is 1. The molecule has 0 amide bonds. The number of benzene rings is 2. The van der Waals surface area contributed by atoms with Gasteiger partial charge in [0.2, 0.25) is 5.95 Å². The van der Waals surface area contributed by atoms with E-state index in [-0.39, 0.29) is 5.95 Å². The molecular formula is C16H14Cl2N4O. The molecular weight excluding hydrogens is 335 g/mol. The van der Waals surface area contributed by atoms with Crippen LogP contribution < -0.4 is 16.2 Å². The molecule has 5 nitrogen and oxygen atoms in total. The second-order valence-electron chi connectivity index (χ2n) is 5.07. The average Bonchev–Trinajstić information content (AvgIpc) is 2.46. The summed E-state index contributed by atoms with van der Waals surface area (Å²) >= 11 is 12.4. The average molecular weight is 349 g/mol. The minimum absolute atomic E-state index is 0.144. The Balaban J connectivity index is 2.36. The van der Waals surface area contributed by atoms with Crippen molar-refractivity contribution < 1.29 is 4.74 Å². The van der Waals surface area contributed by atoms with Gasteiger partial charge in [0.15, 0.2) is 0 Å². The van der Waals surface area contributed by atoms with E-state index in [2.05, 4.69) is 9.97 Å². The fourth-order valence-corrected chi connectivity index (χ4v) is 3.27. The number of rotatable bonds is 2. The number of nitrogens with zero attached hydrogens (tertiary/aromatic N) is 2. The van der Waals surface area contributed by atoms with Gasteiger partial charge in [0.1, 0.15) is 11.6 Å². The molecule has 0 atom stereocenters. The first-order chi connectivity index (χ1) is 10.9. The molecule has 3 rings (SSSR count). The summed E-state index contributed by atoms with van der Waals surface area (Å²) in [5.74, 6) is 1.03. The molecule has 3 aromatic rings. The van der Waals surface area contributed by atoms with Crippen LogP contribution in [0.1, 0.15) is 5.56 Å². The summed E-state index contributed by atoms with van der Waals surface area (Å²) in [4.78, 5) is 8.25. The highest BCUT2D eigenvalue weighted by Crippen LogP contribution is 2.41. The van der Waals surface area contributed by atoms with Crippen LogP contribution in [0, 0.1) is 6.92 Å². The topological polar surface area (TPSA) is 87.0 Å². The van der Waals surface area contributed by atoms with E-state index < -0.39 is 0 Å². The van der Waals surface area contributed by atoms with Crippen LogP contribution in [-0.2, 0) is 0 Å². The number of anilines is 2. The summed E-state index contributed by atoms with van der Waals surface area (Å²) in [6.45, 7) is 1.93. The number of nitrogen functional groups attached to an aromatic ring is 2. The molecule has 0 saturated heterocycles. The van der Waals surface area contributed by atoms with Gasteiger partial charge in [-0.25, -0.2) is 4.98 Å². The van der Waals surface area contributed by atoms with E-state index in [9.17, 15) is 0 Å². The minimum Gasteiger partial charge on any atom is -0.495 e. The van der Waals surface area contributed by atoms with E-state index in [1.807, 2.05) is 19.1 Å². The molecule has 0 aliphatic carbocycles. The molecule has 1 heterocycles. The summed E-state index contributed by atoms with van der Waals surface area (Å²) in [7, 11) is 1.56. The monoisotopic (exact) mass is 348 g/mol. The van der Waals surface area contributed by atoms with Crippen LogP contribution in [-0.4, -0.2) is 17.1 Å². The summed E-state index contributed by atoms with van der Waals surface area (Å²) < 4.78 is 5.43. The van der Waals surface area contributed by atoms with E-state index >= 15 is 0 Å². The molecule has 23 heavy (non-hydrogen) atoms. The molecule has 0 radical (unpaired) electrons. The van der Waals surface area contributed by atoms with Gasteiger partial charge in [-0.1, -0.05) is 29.3 Å². The van der Waals surface area contributed by atoms with Gasteiger partial charge in [0.25, 0.3) is 0 Å². The third-order valence-electron chi connectivity index (χ3n) is 3.67. The molecule has 0 spiro atoms. The first kappa shape index (κ1) is 15.6. The Hall–Kier alpha value is -2.24. The van der Waals surface area contributed by atoms with Crippen LogP contribution in [0.25, 0.3) is 22.0 Å². The summed E-state index contributed by atoms with van der Waals surface area (Å²) in [5.41, 5.74) is 14.9. The van der Waals surface area contributed by atoms with Gasteiger partial charge in [-0.15, -0.1) is 0 Å². The molecule has 0 unspecified atom stereocenters. The van der Waals surface area contributed by atoms with E-state index in [0.29, 0.717) is 27.1 Å². The lowest BCUT2D eigenvalue weighted by Crippen LogP contribution is -2.02. The highest BCUT2D eigenvalue weighted by Gasteiger charge is 2.17. The lowest BCUT2D eigenvalue weighted by Gasteiger charge is -2.15. The molecule has 7 heteroatoms. The number of methoxy groups -OCH3 is 1. The number of aromatic nitrogens is 2. The maximum absolute atomic E-state index is 6.23. The molecule has 4 N–H and O–H groups in total. The highest BCUT2D eigenvalue weighted by molar-refractivity contribution is 6.36. The van der Waals surface area contributed by atoms with Gasteiger partial charge in [0.05, 0.1) is 17.6 Å².